The lowest BCUT2D eigenvalue weighted by Crippen LogP contribution is -2.46. The monoisotopic (exact) mass is 416 g/mol. The van der Waals surface area contributed by atoms with Gasteiger partial charge in [0.05, 0.1) is 0 Å². The van der Waals surface area contributed by atoms with Crippen molar-refractivity contribution < 1.29 is 63.0 Å². The quantitative estimate of drug-likeness (QED) is 0.413. The third kappa shape index (κ3) is 5.01. The predicted molar refractivity (Wildman–Crippen MR) is 63.9 cm³/mol. The molecule has 0 atom stereocenters. The third-order valence-electron chi connectivity index (χ3n) is 2.73. The van der Waals surface area contributed by atoms with Gasteiger partial charge in [0, 0.05) is 0 Å². The van der Waals surface area contributed by atoms with Gasteiger partial charge in [-0.15, -0.1) is 0 Å². The Bertz CT molecular complexity index is 691. The summed E-state index contributed by atoms with van der Waals surface area (Å²) < 4.78 is 130. The van der Waals surface area contributed by atoms with Crippen molar-refractivity contribution in [2.75, 3.05) is 0 Å². The molecule has 0 aliphatic carbocycles. The van der Waals surface area contributed by atoms with Crippen LogP contribution in [0.25, 0.3) is 0 Å². The van der Waals surface area contributed by atoms with E-state index in [0.29, 0.717) is 12.1 Å². The van der Waals surface area contributed by atoms with Crippen molar-refractivity contribution in [3.63, 3.8) is 0 Å². The van der Waals surface area contributed by atoms with Gasteiger partial charge in [0.2, 0.25) is 0 Å². The molecular weight excluding hydrogens is 410 g/mol. The molecule has 0 N–H and O–H groups in total. The topological polar surface area (TPSA) is 52.6 Å². The van der Waals surface area contributed by atoms with Crippen LogP contribution in [0.3, 0.4) is 0 Å². The Morgan fingerprint density at radius 2 is 1.11 bits per heavy atom. The van der Waals surface area contributed by atoms with E-state index >= 15 is 0 Å². The number of alkyl halides is 10. The highest BCUT2D eigenvalue weighted by Crippen LogP contribution is 2.37. The summed E-state index contributed by atoms with van der Waals surface area (Å²) in [4.78, 5) is 21.6. The molecule has 14 heteroatoms. The van der Waals surface area contributed by atoms with Crippen molar-refractivity contribution in [1.82, 2.24) is 0 Å². The summed E-state index contributed by atoms with van der Waals surface area (Å²) in [6, 6.07) is 2.76. The highest BCUT2D eigenvalue weighted by Gasteiger charge is 2.65. The largest absolute Gasteiger partial charge is 0.465 e. The molecule has 0 fully saturated rings. The number of hydrogen-bond donors (Lipinski definition) is 0. The van der Waals surface area contributed by atoms with Crippen LogP contribution >= 0.6 is 0 Å². The van der Waals surface area contributed by atoms with Crippen molar-refractivity contribution in [3.8, 4) is 5.75 Å². The summed E-state index contributed by atoms with van der Waals surface area (Å²) >= 11 is 0. The number of rotatable bonds is 5. The summed E-state index contributed by atoms with van der Waals surface area (Å²) in [5.41, 5.74) is -0.260. The molecule has 27 heavy (non-hydrogen) atoms. The van der Waals surface area contributed by atoms with Gasteiger partial charge < -0.3 is 9.47 Å². The van der Waals surface area contributed by atoms with Crippen molar-refractivity contribution in [1.29, 1.82) is 0 Å². The lowest BCUT2D eigenvalue weighted by molar-refractivity contribution is -0.281. The molecule has 0 bridgehead atoms. The van der Waals surface area contributed by atoms with Crippen LogP contribution in [0.2, 0.25) is 0 Å². The maximum absolute atomic E-state index is 12.7. The molecule has 1 aromatic carbocycles. The first kappa shape index (κ1) is 22.5. The van der Waals surface area contributed by atoms with Gasteiger partial charge in [0.15, 0.2) is 0 Å². The third-order valence-corrected chi connectivity index (χ3v) is 2.73. The van der Waals surface area contributed by atoms with Crippen molar-refractivity contribution in [3.05, 3.63) is 29.8 Å². The van der Waals surface area contributed by atoms with Gasteiger partial charge in [-0.05, 0) is 17.7 Å². The summed E-state index contributed by atoms with van der Waals surface area (Å²) in [6.07, 6.45) is -12.4. The van der Waals surface area contributed by atoms with Gasteiger partial charge in [-0.2, -0.15) is 43.9 Å². The molecule has 0 aliphatic rings. The first-order chi connectivity index (χ1) is 12.0. The first-order valence-corrected chi connectivity index (χ1v) is 6.37. The summed E-state index contributed by atoms with van der Waals surface area (Å²) in [5.74, 6) is -18.2. The molecule has 0 spiro atoms. The van der Waals surface area contributed by atoms with E-state index in [1.807, 2.05) is 0 Å². The molecule has 0 amide bonds. The zero-order chi connectivity index (χ0) is 21.3. The summed E-state index contributed by atoms with van der Waals surface area (Å²) in [6.45, 7) is -1.11. The van der Waals surface area contributed by atoms with E-state index in [4.69, 9.17) is 0 Å². The fourth-order valence-corrected chi connectivity index (χ4v) is 1.30. The number of benzene rings is 1. The highest BCUT2D eigenvalue weighted by atomic mass is 19.4. The maximum atomic E-state index is 12.7. The lowest BCUT2D eigenvalue weighted by Gasteiger charge is -2.18. The molecule has 0 radical (unpaired) electrons. The van der Waals surface area contributed by atoms with Crippen LogP contribution in [0.15, 0.2) is 24.3 Å². The summed E-state index contributed by atoms with van der Waals surface area (Å²) in [7, 11) is 0. The Hall–Kier alpha value is -2.54. The molecule has 1 aromatic rings. The fourth-order valence-electron chi connectivity index (χ4n) is 1.30. The molecule has 0 unspecified atom stereocenters. The highest BCUT2D eigenvalue weighted by molar-refractivity contribution is 5.81. The average molecular weight is 416 g/mol. The van der Waals surface area contributed by atoms with Crippen LogP contribution < -0.4 is 4.74 Å². The van der Waals surface area contributed by atoms with E-state index in [9.17, 15) is 53.5 Å². The SMILES string of the molecule is O=C(OCc1ccc(OC(=O)C(F)(F)C(F)(F)F)cc1)C(F)(F)C(F)(F)F. The van der Waals surface area contributed by atoms with Crippen molar-refractivity contribution in [2.45, 2.75) is 30.8 Å². The average Bonchev–Trinajstić information content (AvgIpc) is 2.51. The van der Waals surface area contributed by atoms with E-state index in [-0.39, 0.29) is 5.56 Å². The molecule has 0 saturated carbocycles. The van der Waals surface area contributed by atoms with Gasteiger partial charge in [0.1, 0.15) is 12.4 Å². The van der Waals surface area contributed by atoms with Gasteiger partial charge in [-0.1, -0.05) is 12.1 Å². The Kier molecular flexibility index (Phi) is 6.02. The predicted octanol–water partition coefficient (Wildman–Crippen LogP) is 4.03. The smallest absolute Gasteiger partial charge is 0.456 e. The number of hydrogen-bond acceptors (Lipinski definition) is 4. The minimum absolute atomic E-state index is 0.260. The van der Waals surface area contributed by atoms with Gasteiger partial charge in [-0.25, -0.2) is 9.59 Å². The van der Waals surface area contributed by atoms with E-state index in [1.54, 1.807) is 0 Å². The molecule has 0 saturated heterocycles. The van der Waals surface area contributed by atoms with Crippen molar-refractivity contribution in [2.24, 2.45) is 0 Å². The first-order valence-electron chi connectivity index (χ1n) is 6.37. The normalized spacial score (nSPS) is 13.3. The number of esters is 2. The van der Waals surface area contributed by atoms with Gasteiger partial charge in [-0.3, -0.25) is 0 Å². The Balaban J connectivity index is 2.73. The molecule has 0 aromatic heterocycles. The van der Waals surface area contributed by atoms with Crippen LogP contribution in [0.5, 0.6) is 5.75 Å². The minimum Gasteiger partial charge on any atom is -0.456 e. The molecular formula is C13H6F10O4. The fraction of sp³-hybridized carbons (Fsp3) is 0.385. The molecule has 152 valence electrons. The zero-order valence-corrected chi connectivity index (χ0v) is 12.4. The number of ether oxygens (including phenoxy) is 2. The lowest BCUT2D eigenvalue weighted by atomic mass is 10.2. The van der Waals surface area contributed by atoms with E-state index < -0.39 is 48.5 Å². The van der Waals surface area contributed by atoms with Gasteiger partial charge >= 0.3 is 36.1 Å². The van der Waals surface area contributed by atoms with Crippen LogP contribution in [0.4, 0.5) is 43.9 Å². The summed E-state index contributed by atoms with van der Waals surface area (Å²) in [5, 5.41) is 0. The molecule has 0 heterocycles. The van der Waals surface area contributed by atoms with E-state index in [1.165, 1.54) is 0 Å². The maximum Gasteiger partial charge on any atom is 0.465 e. The van der Waals surface area contributed by atoms with Crippen LogP contribution in [0, 0.1) is 0 Å². The minimum atomic E-state index is -6.21. The molecule has 4 nitrogen and oxygen atoms in total. The van der Waals surface area contributed by atoms with Gasteiger partial charge in [0.25, 0.3) is 0 Å². The number of halogens is 10. The Labute approximate surface area is 142 Å². The standard InChI is InChI=1S/C13H6F10O4/c14-10(15,12(18,19)20)8(24)26-5-6-1-3-7(4-2-6)27-9(25)11(16,17)13(21,22)23/h1-4H,5H2. The van der Waals surface area contributed by atoms with Crippen LogP contribution in [-0.2, 0) is 20.9 Å². The second-order valence-corrected chi connectivity index (χ2v) is 4.75. The molecule has 1 rings (SSSR count). The van der Waals surface area contributed by atoms with Crippen LogP contribution in [0.1, 0.15) is 5.56 Å². The Morgan fingerprint density at radius 3 is 1.52 bits per heavy atom. The second-order valence-electron chi connectivity index (χ2n) is 4.75. The van der Waals surface area contributed by atoms with E-state index in [2.05, 4.69) is 9.47 Å². The number of carbonyl (C=O) groups is 2. The molecule has 0 aliphatic heterocycles. The number of carbonyl (C=O) groups excluding carboxylic acids is 2. The second kappa shape index (κ2) is 7.23. The zero-order valence-electron chi connectivity index (χ0n) is 12.4. The van der Waals surface area contributed by atoms with Crippen molar-refractivity contribution >= 4 is 11.9 Å². The Morgan fingerprint density at radius 1 is 0.704 bits per heavy atom. The van der Waals surface area contributed by atoms with E-state index in [0.717, 1.165) is 12.1 Å². The van der Waals surface area contributed by atoms with Crippen LogP contribution in [-0.4, -0.2) is 36.1 Å².